The SMILES string of the molecule is CC(=O)O[C@@H]1C=CC[C@H](OCc2ccccc2)C1. The lowest BCUT2D eigenvalue weighted by Gasteiger charge is -2.24. The molecule has 2 rings (SSSR count). The second kappa shape index (κ2) is 6.36. The first-order valence-electron chi connectivity index (χ1n) is 6.23. The molecule has 0 aromatic heterocycles. The van der Waals surface area contributed by atoms with E-state index in [0.717, 1.165) is 18.4 Å². The smallest absolute Gasteiger partial charge is 0.303 e. The zero-order valence-corrected chi connectivity index (χ0v) is 10.5. The molecule has 96 valence electrons. The third-order valence-electron chi connectivity index (χ3n) is 2.89. The molecular formula is C15H18O3. The third kappa shape index (κ3) is 4.00. The van der Waals surface area contributed by atoms with E-state index in [1.54, 1.807) is 0 Å². The molecule has 0 heterocycles. The molecule has 0 N–H and O–H groups in total. The van der Waals surface area contributed by atoms with E-state index in [9.17, 15) is 4.79 Å². The van der Waals surface area contributed by atoms with E-state index in [0.29, 0.717) is 6.61 Å². The highest BCUT2D eigenvalue weighted by atomic mass is 16.5. The van der Waals surface area contributed by atoms with Gasteiger partial charge in [-0.3, -0.25) is 4.79 Å². The Labute approximate surface area is 107 Å². The fourth-order valence-electron chi connectivity index (χ4n) is 2.04. The molecule has 0 spiro atoms. The Kier molecular flexibility index (Phi) is 4.53. The van der Waals surface area contributed by atoms with E-state index in [1.807, 2.05) is 42.5 Å². The van der Waals surface area contributed by atoms with Crippen molar-refractivity contribution in [2.45, 2.75) is 38.6 Å². The summed E-state index contributed by atoms with van der Waals surface area (Å²) in [5.74, 6) is -0.242. The van der Waals surface area contributed by atoms with Crippen LogP contribution in [0.1, 0.15) is 25.3 Å². The molecule has 1 aliphatic rings. The van der Waals surface area contributed by atoms with E-state index in [4.69, 9.17) is 9.47 Å². The molecule has 0 radical (unpaired) electrons. The van der Waals surface area contributed by atoms with Crippen LogP contribution in [0.2, 0.25) is 0 Å². The average Bonchev–Trinajstić information content (AvgIpc) is 2.37. The maximum Gasteiger partial charge on any atom is 0.303 e. The van der Waals surface area contributed by atoms with Crippen molar-refractivity contribution in [3.05, 3.63) is 48.0 Å². The Hall–Kier alpha value is -1.61. The molecule has 1 aliphatic carbocycles. The maximum atomic E-state index is 10.9. The first-order valence-corrected chi connectivity index (χ1v) is 6.23. The van der Waals surface area contributed by atoms with Crippen LogP contribution in [0.15, 0.2) is 42.5 Å². The minimum atomic E-state index is -0.242. The Balaban J connectivity index is 1.80. The van der Waals surface area contributed by atoms with E-state index in [1.165, 1.54) is 6.92 Å². The fourth-order valence-corrected chi connectivity index (χ4v) is 2.04. The van der Waals surface area contributed by atoms with Gasteiger partial charge in [-0.25, -0.2) is 0 Å². The van der Waals surface area contributed by atoms with E-state index >= 15 is 0 Å². The molecule has 0 aliphatic heterocycles. The molecule has 3 nitrogen and oxygen atoms in total. The second-order valence-electron chi connectivity index (χ2n) is 4.47. The van der Waals surface area contributed by atoms with Crippen molar-refractivity contribution in [1.29, 1.82) is 0 Å². The number of hydrogen-bond acceptors (Lipinski definition) is 3. The monoisotopic (exact) mass is 246 g/mol. The van der Waals surface area contributed by atoms with Crippen LogP contribution >= 0.6 is 0 Å². The van der Waals surface area contributed by atoms with E-state index in [-0.39, 0.29) is 18.2 Å². The quantitative estimate of drug-likeness (QED) is 0.605. The van der Waals surface area contributed by atoms with Crippen LogP contribution in [-0.2, 0) is 20.9 Å². The molecule has 0 bridgehead atoms. The van der Waals surface area contributed by atoms with Crippen LogP contribution < -0.4 is 0 Å². The van der Waals surface area contributed by atoms with Gasteiger partial charge in [-0.2, -0.15) is 0 Å². The lowest BCUT2D eigenvalue weighted by molar-refractivity contribution is -0.146. The van der Waals surface area contributed by atoms with Crippen LogP contribution in [-0.4, -0.2) is 18.2 Å². The molecule has 1 aromatic carbocycles. The molecule has 0 saturated heterocycles. The van der Waals surface area contributed by atoms with Gasteiger partial charge >= 0.3 is 5.97 Å². The van der Waals surface area contributed by atoms with Crippen molar-refractivity contribution in [3.8, 4) is 0 Å². The normalized spacial score (nSPS) is 22.7. The van der Waals surface area contributed by atoms with Crippen molar-refractivity contribution in [1.82, 2.24) is 0 Å². The van der Waals surface area contributed by atoms with Gasteiger partial charge in [0.05, 0.1) is 12.7 Å². The predicted octanol–water partition coefficient (Wildman–Crippen LogP) is 2.85. The van der Waals surface area contributed by atoms with Crippen LogP contribution in [0.3, 0.4) is 0 Å². The lowest BCUT2D eigenvalue weighted by Crippen LogP contribution is -2.26. The Morgan fingerprint density at radius 3 is 2.83 bits per heavy atom. The van der Waals surface area contributed by atoms with Crippen LogP contribution in [0.5, 0.6) is 0 Å². The fraction of sp³-hybridized carbons (Fsp3) is 0.400. The van der Waals surface area contributed by atoms with Crippen molar-refractivity contribution < 1.29 is 14.3 Å². The first kappa shape index (κ1) is 12.8. The van der Waals surface area contributed by atoms with Crippen molar-refractivity contribution in [3.63, 3.8) is 0 Å². The van der Waals surface area contributed by atoms with Gasteiger partial charge < -0.3 is 9.47 Å². The maximum absolute atomic E-state index is 10.9. The highest BCUT2D eigenvalue weighted by molar-refractivity contribution is 5.66. The summed E-state index contributed by atoms with van der Waals surface area (Å²) in [6.07, 6.45) is 5.56. The highest BCUT2D eigenvalue weighted by Crippen LogP contribution is 2.19. The van der Waals surface area contributed by atoms with Gasteiger partial charge in [-0.1, -0.05) is 36.4 Å². The third-order valence-corrected chi connectivity index (χ3v) is 2.89. The molecule has 1 aromatic rings. The number of hydrogen-bond donors (Lipinski definition) is 0. The van der Waals surface area contributed by atoms with Crippen molar-refractivity contribution in [2.24, 2.45) is 0 Å². The van der Waals surface area contributed by atoms with E-state index < -0.39 is 0 Å². The van der Waals surface area contributed by atoms with Crippen LogP contribution in [0.4, 0.5) is 0 Å². The summed E-state index contributed by atoms with van der Waals surface area (Å²) in [6, 6.07) is 10.1. The molecular weight excluding hydrogens is 228 g/mol. The number of ether oxygens (including phenoxy) is 2. The minimum absolute atomic E-state index is 0.125. The average molecular weight is 246 g/mol. The summed E-state index contributed by atoms with van der Waals surface area (Å²) in [6.45, 7) is 2.04. The highest BCUT2D eigenvalue weighted by Gasteiger charge is 2.20. The predicted molar refractivity (Wildman–Crippen MR) is 68.9 cm³/mol. The van der Waals surface area contributed by atoms with Gasteiger partial charge in [0.1, 0.15) is 6.10 Å². The zero-order chi connectivity index (χ0) is 12.8. The van der Waals surface area contributed by atoms with Gasteiger partial charge in [0.2, 0.25) is 0 Å². The van der Waals surface area contributed by atoms with Gasteiger partial charge in [0.25, 0.3) is 0 Å². The van der Waals surface area contributed by atoms with E-state index in [2.05, 4.69) is 0 Å². The largest absolute Gasteiger partial charge is 0.458 e. The van der Waals surface area contributed by atoms with Crippen molar-refractivity contribution in [2.75, 3.05) is 0 Å². The summed E-state index contributed by atoms with van der Waals surface area (Å²) in [7, 11) is 0. The van der Waals surface area contributed by atoms with Crippen molar-refractivity contribution >= 4 is 5.97 Å². The zero-order valence-electron chi connectivity index (χ0n) is 10.5. The molecule has 0 unspecified atom stereocenters. The summed E-state index contributed by atoms with van der Waals surface area (Å²) < 4.78 is 11.0. The Morgan fingerprint density at radius 1 is 1.33 bits per heavy atom. The standard InChI is InChI=1S/C15H18O3/c1-12(16)18-15-9-5-8-14(10-15)17-11-13-6-3-2-4-7-13/h2-7,9,14-15H,8,10-11H2,1H3/t14-,15+/m0/s1. The molecule has 3 heteroatoms. The van der Waals surface area contributed by atoms with Crippen LogP contribution in [0, 0.1) is 0 Å². The number of carbonyl (C=O) groups is 1. The number of carbonyl (C=O) groups excluding carboxylic acids is 1. The number of rotatable bonds is 4. The van der Waals surface area contributed by atoms with Gasteiger partial charge in [-0.05, 0) is 18.1 Å². The molecule has 0 amide bonds. The Bertz CT molecular complexity index is 411. The Morgan fingerprint density at radius 2 is 2.11 bits per heavy atom. The molecule has 0 fully saturated rings. The number of esters is 1. The summed E-state index contributed by atoms with van der Waals surface area (Å²) in [5.41, 5.74) is 1.16. The summed E-state index contributed by atoms with van der Waals surface area (Å²) in [4.78, 5) is 10.9. The first-order chi connectivity index (χ1) is 8.74. The lowest BCUT2D eigenvalue weighted by atomic mass is 10.0. The molecule has 0 saturated carbocycles. The minimum Gasteiger partial charge on any atom is -0.458 e. The topological polar surface area (TPSA) is 35.5 Å². The van der Waals surface area contributed by atoms with Gasteiger partial charge in [0.15, 0.2) is 0 Å². The summed E-state index contributed by atoms with van der Waals surface area (Å²) in [5, 5.41) is 0. The number of benzene rings is 1. The summed E-state index contributed by atoms with van der Waals surface area (Å²) >= 11 is 0. The second-order valence-corrected chi connectivity index (χ2v) is 4.47. The molecule has 18 heavy (non-hydrogen) atoms. The van der Waals surface area contributed by atoms with Crippen LogP contribution in [0.25, 0.3) is 0 Å². The van der Waals surface area contributed by atoms with Gasteiger partial charge in [-0.15, -0.1) is 0 Å². The van der Waals surface area contributed by atoms with Gasteiger partial charge in [0, 0.05) is 13.3 Å². The molecule has 2 atom stereocenters.